The zero-order chi connectivity index (χ0) is 30.2. The Morgan fingerprint density at radius 2 is 1.76 bits per heavy atom. The Bertz CT molecular complexity index is 1670. The molecule has 0 bridgehead atoms. The number of fused-ring (bicyclic) bond motifs is 4. The number of allylic oxidation sites excluding steroid dienone is 4. The largest absolute Gasteiger partial charge is 0.508 e. The third kappa shape index (κ3) is 3.60. The average molecular weight is 572 g/mol. The minimum atomic E-state index is -1.35. The second kappa shape index (κ2) is 9.40. The number of anilines is 1. The van der Waals surface area contributed by atoms with Crippen LogP contribution in [0, 0.1) is 29.1 Å². The van der Waals surface area contributed by atoms with Crippen molar-refractivity contribution < 1.29 is 44.0 Å². The number of hydrogen-bond acceptors (Lipinski definition) is 8. The molecule has 2 amide bonds. The third-order valence-corrected chi connectivity index (χ3v) is 9.66. The molecule has 2 fully saturated rings. The number of carbonyl (C=O) groups excluding carboxylic acids is 4. The number of nitrogens with zero attached hydrogens (tertiary/aromatic N) is 1. The van der Waals surface area contributed by atoms with Crippen LogP contribution in [-0.4, -0.2) is 51.8 Å². The Morgan fingerprint density at radius 3 is 2.43 bits per heavy atom. The van der Waals surface area contributed by atoms with E-state index in [1.165, 1.54) is 25.3 Å². The number of carboxylic acid groups (broad SMARTS) is 1. The molecule has 1 heterocycles. The fraction of sp³-hybridized carbons (Fsp3) is 0.344. The van der Waals surface area contributed by atoms with Gasteiger partial charge in [-0.05, 0) is 61.6 Å². The van der Waals surface area contributed by atoms with Crippen LogP contribution in [0.15, 0.2) is 59.7 Å². The van der Waals surface area contributed by atoms with Gasteiger partial charge in [0.1, 0.15) is 22.8 Å². The van der Waals surface area contributed by atoms with Gasteiger partial charge in [0, 0.05) is 23.5 Å². The summed E-state index contributed by atoms with van der Waals surface area (Å²) in [7, 11) is 1.45. The maximum atomic E-state index is 14.0. The van der Waals surface area contributed by atoms with Crippen LogP contribution in [0.5, 0.6) is 17.2 Å². The molecular formula is C32H29NO9. The van der Waals surface area contributed by atoms with Crippen molar-refractivity contribution in [3.8, 4) is 17.2 Å². The molecule has 1 aliphatic heterocycles. The number of aromatic carboxylic acids is 1. The molecule has 0 spiro atoms. The van der Waals surface area contributed by atoms with Crippen molar-refractivity contribution in [3.05, 3.63) is 70.8 Å². The molecule has 1 saturated carbocycles. The van der Waals surface area contributed by atoms with Gasteiger partial charge in [0.15, 0.2) is 11.6 Å². The highest BCUT2D eigenvalue weighted by Gasteiger charge is 2.64. The number of ketones is 2. The Kier molecular flexibility index (Phi) is 6.14. The number of imide groups is 1. The van der Waals surface area contributed by atoms with Crippen LogP contribution in [0.2, 0.25) is 0 Å². The molecule has 0 radical (unpaired) electrons. The Balaban J connectivity index is 1.50. The fourth-order valence-electron chi connectivity index (χ4n) is 7.80. The molecule has 0 aromatic heterocycles. The first-order valence-corrected chi connectivity index (χ1v) is 13.7. The highest BCUT2D eigenvalue weighted by Crippen LogP contribution is 2.64. The number of benzene rings is 2. The monoisotopic (exact) mass is 571 g/mol. The molecule has 2 aromatic carbocycles. The Hall–Kier alpha value is -4.73. The van der Waals surface area contributed by atoms with Crippen molar-refractivity contribution in [2.45, 2.75) is 32.6 Å². The van der Waals surface area contributed by atoms with E-state index in [0.29, 0.717) is 22.5 Å². The van der Waals surface area contributed by atoms with Crippen LogP contribution in [0.4, 0.5) is 5.69 Å². The van der Waals surface area contributed by atoms with E-state index in [-0.39, 0.29) is 41.4 Å². The lowest BCUT2D eigenvalue weighted by Gasteiger charge is -2.53. The van der Waals surface area contributed by atoms with Crippen molar-refractivity contribution in [2.75, 3.05) is 12.0 Å². The number of Topliss-reactive ketones (excluding diaryl/α,β-unsaturated/α-hetero) is 1. The minimum absolute atomic E-state index is 0.0468. The van der Waals surface area contributed by atoms with E-state index in [2.05, 4.69) is 0 Å². The topological polar surface area (TPSA) is 159 Å². The summed E-state index contributed by atoms with van der Waals surface area (Å²) in [6, 6.07) is 8.28. The second-order valence-corrected chi connectivity index (χ2v) is 11.7. The summed E-state index contributed by atoms with van der Waals surface area (Å²) >= 11 is 0. The van der Waals surface area contributed by atoms with Crippen LogP contribution >= 0.6 is 0 Å². The predicted molar refractivity (Wildman–Crippen MR) is 148 cm³/mol. The Morgan fingerprint density at radius 1 is 1.02 bits per heavy atom. The predicted octanol–water partition coefficient (Wildman–Crippen LogP) is 3.76. The van der Waals surface area contributed by atoms with E-state index < -0.39 is 58.5 Å². The summed E-state index contributed by atoms with van der Waals surface area (Å²) in [6.45, 7) is 3.33. The van der Waals surface area contributed by atoms with Gasteiger partial charge >= 0.3 is 5.97 Å². The average Bonchev–Trinajstić information content (AvgIpc) is 3.20. The molecular weight excluding hydrogens is 542 g/mol. The number of phenolic OH excluding ortho intramolecular Hbond substituents is 1. The van der Waals surface area contributed by atoms with Crippen molar-refractivity contribution in [2.24, 2.45) is 29.1 Å². The highest BCUT2D eigenvalue weighted by molar-refractivity contribution is 6.23. The van der Waals surface area contributed by atoms with Gasteiger partial charge in [0.2, 0.25) is 11.8 Å². The van der Waals surface area contributed by atoms with Crippen LogP contribution in [0.3, 0.4) is 0 Å². The number of aromatic hydroxyl groups is 2. The van der Waals surface area contributed by atoms with Gasteiger partial charge in [-0.1, -0.05) is 24.6 Å². The number of methoxy groups -OCH3 is 1. The van der Waals surface area contributed by atoms with Gasteiger partial charge in [-0.2, -0.15) is 0 Å². The summed E-state index contributed by atoms with van der Waals surface area (Å²) in [4.78, 5) is 67.5. The maximum Gasteiger partial charge on any atom is 0.339 e. The molecule has 3 N–H and O–H groups in total. The van der Waals surface area contributed by atoms with Crippen LogP contribution in [-0.2, 0) is 19.2 Å². The van der Waals surface area contributed by atoms with Gasteiger partial charge in [-0.15, -0.1) is 0 Å². The number of carbonyl (C=O) groups is 5. The highest BCUT2D eigenvalue weighted by atomic mass is 16.5. The Labute approximate surface area is 240 Å². The number of rotatable bonds is 4. The molecule has 6 rings (SSSR count). The number of ether oxygens (including phenoxy) is 1. The SMILES string of the molecule is COc1cccc(O)c1[C@H]1C2=CC[C@@H]3C(=O)N(c4ccc(C(=O)O)c(O)c4)C(=O)[C@@H]3[C@@H]2C[C@H]2C(=O)C=C(C)C(=O)[C@@]12C. The zero-order valence-corrected chi connectivity index (χ0v) is 23.2. The standard InChI is InChI=1S/C32H29NO9/c1-14-11-23(36)20-13-19-16(27(32(20,2)28(14)37)26-21(34)5-4-6-24(26)42-3)9-10-18-25(19)30(39)33(29(18)38)15-7-8-17(31(40)41)22(35)12-15/h4-9,11-12,18-20,25,27,34-35H,10,13H2,1-3H3,(H,40,41)/t18-,19+,20-,25-,27+,32+/m0/s1. The maximum absolute atomic E-state index is 14.0. The number of phenols is 2. The van der Waals surface area contributed by atoms with E-state index in [4.69, 9.17) is 4.74 Å². The summed E-state index contributed by atoms with van der Waals surface area (Å²) in [6.07, 6.45) is 3.53. The fourth-order valence-corrected chi connectivity index (χ4v) is 7.80. The number of hydrogen-bond donors (Lipinski definition) is 3. The molecule has 2 aromatic rings. The van der Waals surface area contributed by atoms with Crippen molar-refractivity contribution in [1.82, 2.24) is 0 Å². The van der Waals surface area contributed by atoms with Gasteiger partial charge in [0.25, 0.3) is 0 Å². The first kappa shape index (κ1) is 27.4. The van der Waals surface area contributed by atoms with E-state index in [0.717, 1.165) is 17.0 Å². The second-order valence-electron chi connectivity index (χ2n) is 11.7. The molecule has 216 valence electrons. The number of carboxylic acids is 1. The third-order valence-electron chi connectivity index (χ3n) is 9.66. The molecule has 42 heavy (non-hydrogen) atoms. The van der Waals surface area contributed by atoms with Crippen LogP contribution < -0.4 is 9.64 Å². The van der Waals surface area contributed by atoms with Gasteiger partial charge in [-0.25, -0.2) is 9.69 Å². The molecule has 1 saturated heterocycles. The van der Waals surface area contributed by atoms with Crippen molar-refractivity contribution >= 4 is 35.0 Å². The molecule has 3 aliphatic carbocycles. The van der Waals surface area contributed by atoms with Crippen molar-refractivity contribution in [3.63, 3.8) is 0 Å². The van der Waals surface area contributed by atoms with Crippen LogP contribution in [0.1, 0.15) is 48.5 Å². The van der Waals surface area contributed by atoms with Gasteiger partial charge in [-0.3, -0.25) is 19.2 Å². The smallest absolute Gasteiger partial charge is 0.339 e. The summed E-state index contributed by atoms with van der Waals surface area (Å²) in [5, 5.41) is 30.7. The summed E-state index contributed by atoms with van der Waals surface area (Å²) < 4.78 is 5.62. The summed E-state index contributed by atoms with van der Waals surface area (Å²) in [5.41, 5.74) is -0.243. The molecule has 4 aliphatic rings. The van der Waals surface area contributed by atoms with E-state index >= 15 is 0 Å². The molecule has 10 heteroatoms. The van der Waals surface area contributed by atoms with Gasteiger partial charge < -0.3 is 20.1 Å². The lowest BCUT2D eigenvalue weighted by atomic mass is 9.47. The van der Waals surface area contributed by atoms with E-state index in [1.54, 1.807) is 26.0 Å². The first-order chi connectivity index (χ1) is 19.9. The van der Waals surface area contributed by atoms with E-state index in [9.17, 15) is 39.3 Å². The normalized spacial score (nSPS) is 30.3. The lowest BCUT2D eigenvalue weighted by Crippen LogP contribution is -2.54. The first-order valence-electron chi connectivity index (χ1n) is 13.7. The lowest BCUT2D eigenvalue weighted by molar-refractivity contribution is -0.141. The minimum Gasteiger partial charge on any atom is -0.508 e. The molecule has 6 atom stereocenters. The van der Waals surface area contributed by atoms with Gasteiger partial charge in [0.05, 0.1) is 30.0 Å². The zero-order valence-electron chi connectivity index (χ0n) is 23.2. The van der Waals surface area contributed by atoms with E-state index in [1.807, 2.05) is 6.08 Å². The quantitative estimate of drug-likeness (QED) is 0.367. The van der Waals surface area contributed by atoms with Crippen LogP contribution in [0.25, 0.3) is 0 Å². The molecule has 0 unspecified atom stereocenters. The number of amides is 2. The summed E-state index contributed by atoms with van der Waals surface area (Å²) in [5.74, 6) is -7.07. The molecule has 10 nitrogen and oxygen atoms in total. The van der Waals surface area contributed by atoms with Crippen molar-refractivity contribution in [1.29, 1.82) is 0 Å².